The molecule has 0 aliphatic heterocycles. The highest BCUT2D eigenvalue weighted by molar-refractivity contribution is 8.04. The van der Waals surface area contributed by atoms with Crippen molar-refractivity contribution in [1.29, 1.82) is 0 Å². The lowest BCUT2D eigenvalue weighted by Gasteiger charge is -2.07. The second-order valence-electron chi connectivity index (χ2n) is 4.22. The first-order chi connectivity index (χ1) is 8.83. The van der Waals surface area contributed by atoms with Crippen molar-refractivity contribution in [2.75, 3.05) is 24.9 Å². The highest BCUT2D eigenvalue weighted by Crippen LogP contribution is 2.03. The lowest BCUT2D eigenvalue weighted by molar-refractivity contribution is 0.459. The first-order valence-corrected chi connectivity index (χ1v) is 9.49. The average Bonchev–Trinajstić information content (AvgIpc) is 2.29. The number of sulfonamides is 2. The minimum Gasteiger partial charge on any atom is -0.251 e. The largest absolute Gasteiger partial charge is 0.251 e. The van der Waals surface area contributed by atoms with Crippen LogP contribution in [0.15, 0.2) is 0 Å². The van der Waals surface area contributed by atoms with E-state index in [4.69, 9.17) is 0 Å². The van der Waals surface area contributed by atoms with Crippen LogP contribution in [0.1, 0.15) is 38.5 Å². The van der Waals surface area contributed by atoms with Crippen LogP contribution < -0.4 is 4.13 Å². The van der Waals surface area contributed by atoms with Crippen molar-refractivity contribution in [3.63, 3.8) is 0 Å². The molecule has 9 heteroatoms. The molecule has 0 radical (unpaired) electrons. The standard InChI is InChI=1S/C10H21F2NO4S2/c11-7-3-1-5-9-18(14,15)13-19(16,17)10-6-2-4-8-12/h13H,1-10H2. The highest BCUT2D eigenvalue weighted by Gasteiger charge is 2.19. The molecular weight excluding hydrogens is 300 g/mol. The molecule has 5 nitrogen and oxygen atoms in total. The maximum Gasteiger partial charge on any atom is 0.224 e. The molecule has 0 aliphatic rings. The SMILES string of the molecule is O=S(=O)(CCCCCF)NS(=O)(=O)CCCCCF. The number of hydrogen-bond acceptors (Lipinski definition) is 4. The molecule has 0 aromatic rings. The van der Waals surface area contributed by atoms with Crippen molar-refractivity contribution in [2.45, 2.75) is 38.5 Å². The number of alkyl halides is 2. The Balaban J connectivity index is 4.09. The van der Waals surface area contributed by atoms with Gasteiger partial charge < -0.3 is 0 Å². The fraction of sp³-hybridized carbons (Fsp3) is 1.00. The zero-order valence-corrected chi connectivity index (χ0v) is 12.4. The van der Waals surface area contributed by atoms with Crippen LogP contribution in [-0.4, -0.2) is 41.7 Å². The van der Waals surface area contributed by atoms with E-state index in [-0.39, 0.29) is 37.2 Å². The third kappa shape index (κ3) is 11.3. The van der Waals surface area contributed by atoms with Crippen LogP contribution in [0.2, 0.25) is 0 Å². The van der Waals surface area contributed by atoms with Crippen molar-refractivity contribution < 1.29 is 25.6 Å². The number of unbranched alkanes of at least 4 members (excludes halogenated alkanes) is 4. The summed E-state index contributed by atoms with van der Waals surface area (Å²) in [6, 6.07) is 0. The van der Waals surface area contributed by atoms with Gasteiger partial charge >= 0.3 is 0 Å². The van der Waals surface area contributed by atoms with Gasteiger partial charge in [0.25, 0.3) is 0 Å². The Kier molecular flexibility index (Phi) is 9.46. The van der Waals surface area contributed by atoms with Crippen LogP contribution in [-0.2, 0) is 20.0 Å². The maximum atomic E-state index is 11.8. The van der Waals surface area contributed by atoms with Gasteiger partial charge in [0.05, 0.1) is 24.9 Å². The topological polar surface area (TPSA) is 80.3 Å². The van der Waals surface area contributed by atoms with E-state index in [1.807, 2.05) is 0 Å². The average molecular weight is 321 g/mol. The molecule has 0 aromatic carbocycles. The van der Waals surface area contributed by atoms with Crippen LogP contribution in [0.3, 0.4) is 0 Å². The van der Waals surface area contributed by atoms with E-state index in [9.17, 15) is 25.6 Å². The molecule has 0 aliphatic carbocycles. The van der Waals surface area contributed by atoms with Gasteiger partial charge in [-0.1, -0.05) is 0 Å². The van der Waals surface area contributed by atoms with Crippen molar-refractivity contribution in [2.24, 2.45) is 0 Å². The molecule has 0 saturated heterocycles. The van der Waals surface area contributed by atoms with E-state index in [2.05, 4.69) is 0 Å². The van der Waals surface area contributed by atoms with Gasteiger partial charge in [0.2, 0.25) is 20.0 Å². The maximum absolute atomic E-state index is 11.8. The Bertz CT molecular complexity index is 383. The zero-order chi connectivity index (χ0) is 14.8. The summed E-state index contributed by atoms with van der Waals surface area (Å²) in [4.78, 5) is 0. The van der Waals surface area contributed by atoms with Crippen LogP contribution in [0.4, 0.5) is 8.78 Å². The summed E-state index contributed by atoms with van der Waals surface area (Å²) in [5.74, 6) is -0.673. The normalized spacial score (nSPS) is 12.7. The van der Waals surface area contributed by atoms with Crippen molar-refractivity contribution >= 4 is 20.0 Å². The molecule has 0 amide bonds. The van der Waals surface area contributed by atoms with E-state index in [1.165, 1.54) is 0 Å². The lowest BCUT2D eigenvalue weighted by atomic mass is 10.3. The van der Waals surface area contributed by atoms with Gasteiger partial charge in [-0.3, -0.25) is 8.78 Å². The Hall–Kier alpha value is -0.280. The van der Waals surface area contributed by atoms with Gasteiger partial charge in [0, 0.05) is 0 Å². The predicted octanol–water partition coefficient (Wildman–Crippen LogP) is 1.52. The molecule has 116 valence electrons. The molecular formula is C10H21F2NO4S2. The fourth-order valence-corrected chi connectivity index (χ4v) is 4.79. The first-order valence-electron chi connectivity index (χ1n) is 6.19. The summed E-state index contributed by atoms with van der Waals surface area (Å²) in [5.41, 5.74) is 0. The molecule has 0 saturated carbocycles. The predicted molar refractivity (Wildman–Crippen MR) is 70.4 cm³/mol. The second kappa shape index (κ2) is 9.60. The molecule has 0 bridgehead atoms. The van der Waals surface area contributed by atoms with Crippen molar-refractivity contribution in [3.05, 3.63) is 0 Å². The van der Waals surface area contributed by atoms with E-state index >= 15 is 0 Å². The number of rotatable bonds is 12. The highest BCUT2D eigenvalue weighted by atomic mass is 32.3. The number of hydrogen-bond donors (Lipinski definition) is 1. The Morgan fingerprint density at radius 1 is 0.632 bits per heavy atom. The van der Waals surface area contributed by atoms with Gasteiger partial charge in [-0.05, 0) is 38.5 Å². The Morgan fingerprint density at radius 3 is 1.32 bits per heavy atom. The minimum atomic E-state index is -3.90. The monoisotopic (exact) mass is 321 g/mol. The van der Waals surface area contributed by atoms with Gasteiger partial charge in [0.1, 0.15) is 0 Å². The van der Waals surface area contributed by atoms with Crippen molar-refractivity contribution in [3.8, 4) is 0 Å². The van der Waals surface area contributed by atoms with Crippen molar-refractivity contribution in [1.82, 2.24) is 4.13 Å². The van der Waals surface area contributed by atoms with E-state index in [0.717, 1.165) is 0 Å². The van der Waals surface area contributed by atoms with Gasteiger partial charge in [-0.2, -0.15) is 0 Å². The summed E-state index contributed by atoms with van der Waals surface area (Å²) < 4.78 is 71.1. The Labute approximate surface area is 113 Å². The van der Waals surface area contributed by atoms with Gasteiger partial charge in [0.15, 0.2) is 0 Å². The molecule has 0 rings (SSSR count). The third-order valence-corrected chi connectivity index (χ3v) is 6.03. The summed E-state index contributed by atoms with van der Waals surface area (Å²) in [7, 11) is -7.79. The molecule has 0 heterocycles. The molecule has 1 N–H and O–H groups in total. The smallest absolute Gasteiger partial charge is 0.224 e. The molecule has 0 fully saturated rings. The van der Waals surface area contributed by atoms with E-state index in [1.54, 1.807) is 4.13 Å². The van der Waals surface area contributed by atoms with E-state index < -0.39 is 33.4 Å². The fourth-order valence-electron chi connectivity index (χ4n) is 1.40. The van der Waals surface area contributed by atoms with Gasteiger partial charge in [-0.25, -0.2) is 16.8 Å². The van der Waals surface area contributed by atoms with E-state index in [0.29, 0.717) is 12.8 Å². The van der Waals surface area contributed by atoms with Crippen LogP contribution in [0.25, 0.3) is 0 Å². The van der Waals surface area contributed by atoms with Crippen LogP contribution in [0, 0.1) is 0 Å². The van der Waals surface area contributed by atoms with Crippen LogP contribution in [0.5, 0.6) is 0 Å². The molecule has 0 atom stereocenters. The summed E-state index contributed by atoms with van der Waals surface area (Å²) >= 11 is 0. The summed E-state index contributed by atoms with van der Waals surface area (Å²) in [6.45, 7) is -1.03. The Morgan fingerprint density at radius 2 is 1.00 bits per heavy atom. The summed E-state index contributed by atoms with van der Waals surface area (Å²) in [6.07, 6.45) is 1.77. The number of nitrogens with one attached hydrogen (secondary N) is 1. The zero-order valence-electron chi connectivity index (χ0n) is 10.8. The number of halogens is 2. The molecule has 0 aromatic heterocycles. The molecule has 0 unspecified atom stereocenters. The lowest BCUT2D eigenvalue weighted by Crippen LogP contribution is -2.34. The quantitative estimate of drug-likeness (QED) is 0.553. The first kappa shape index (κ1) is 18.7. The third-order valence-electron chi connectivity index (χ3n) is 2.35. The van der Waals surface area contributed by atoms with Crippen LogP contribution >= 0.6 is 0 Å². The minimum absolute atomic E-state index is 0.219. The second-order valence-corrected chi connectivity index (χ2v) is 8.16. The molecule has 0 spiro atoms. The summed E-state index contributed by atoms with van der Waals surface area (Å²) in [5, 5.41) is 0. The van der Waals surface area contributed by atoms with Gasteiger partial charge in [-0.15, -0.1) is 4.13 Å². The molecule has 19 heavy (non-hydrogen) atoms.